The molecule has 2 aromatic carbocycles. The van der Waals surface area contributed by atoms with E-state index in [4.69, 9.17) is 0 Å². The van der Waals surface area contributed by atoms with Crippen LogP contribution in [0.3, 0.4) is 0 Å². The van der Waals surface area contributed by atoms with Gasteiger partial charge in [-0.1, -0.05) is 42.5 Å². The van der Waals surface area contributed by atoms with Gasteiger partial charge in [-0.05, 0) is 17.7 Å². The van der Waals surface area contributed by atoms with Crippen LogP contribution < -0.4 is 0 Å². The van der Waals surface area contributed by atoms with Crippen molar-refractivity contribution in [3.05, 3.63) is 60.2 Å². The highest BCUT2D eigenvalue weighted by Crippen LogP contribution is 2.28. The first kappa shape index (κ1) is 16.8. The van der Waals surface area contributed by atoms with Crippen molar-refractivity contribution in [2.24, 2.45) is 10.1 Å². The number of thioether (sulfide) groups is 1. The minimum absolute atomic E-state index is 0.00518. The molecule has 2 aromatic rings. The minimum Gasteiger partial charge on any atom is -0.272 e. The molecule has 0 bridgehead atoms. The zero-order valence-electron chi connectivity index (χ0n) is 12.9. The number of carbonyl (C=O) groups excluding carboxylic acids is 1. The Hall–Kier alpha value is -2.05. The molecule has 0 aromatic heterocycles. The first-order valence-electron chi connectivity index (χ1n) is 7.57. The molecule has 0 N–H and O–H groups in total. The highest BCUT2D eigenvalue weighted by Gasteiger charge is 2.27. The van der Waals surface area contributed by atoms with Gasteiger partial charge in [0.2, 0.25) is 0 Å². The third kappa shape index (κ3) is 4.07. The molecule has 1 aliphatic heterocycles. The summed E-state index contributed by atoms with van der Waals surface area (Å²) in [6.07, 6.45) is 2.55. The van der Waals surface area contributed by atoms with Gasteiger partial charge >= 0.3 is 0 Å². The lowest BCUT2D eigenvalue weighted by Gasteiger charge is -2.21. The summed E-state index contributed by atoms with van der Waals surface area (Å²) in [5.74, 6) is 0.284. The number of carbonyl (C=O) groups is 1. The smallest absolute Gasteiger partial charge is 0.253 e. The number of hydrazone groups is 1. The average Bonchev–Trinajstić information content (AvgIpc) is 3.10. The highest BCUT2D eigenvalue weighted by atomic mass is 32.2. The van der Waals surface area contributed by atoms with Crippen LogP contribution in [0.5, 0.6) is 0 Å². The Morgan fingerprint density at radius 1 is 1.25 bits per heavy atom. The molecule has 0 spiro atoms. The molecule has 0 saturated carbocycles. The fraction of sp³-hybridized carbons (Fsp3) is 0.167. The van der Waals surface area contributed by atoms with E-state index in [2.05, 4.69) is 22.7 Å². The number of aliphatic imine (C=N–C) groups is 1. The van der Waals surface area contributed by atoms with Gasteiger partial charge in [0, 0.05) is 17.5 Å². The number of amides is 1. The fourth-order valence-electron chi connectivity index (χ4n) is 2.45. The van der Waals surface area contributed by atoms with Crippen LogP contribution in [0.1, 0.15) is 18.0 Å². The summed E-state index contributed by atoms with van der Waals surface area (Å²) in [7, 11) is 0. The van der Waals surface area contributed by atoms with Crippen molar-refractivity contribution in [2.75, 3.05) is 5.75 Å². The molecular weight excluding hydrogens is 338 g/mol. The third-order valence-electron chi connectivity index (χ3n) is 3.62. The van der Waals surface area contributed by atoms with Gasteiger partial charge in [0.15, 0.2) is 0 Å². The maximum Gasteiger partial charge on any atom is 0.253 e. The van der Waals surface area contributed by atoms with Gasteiger partial charge in [-0.3, -0.25) is 4.79 Å². The summed E-state index contributed by atoms with van der Waals surface area (Å²) >= 11 is 5.70. The van der Waals surface area contributed by atoms with Crippen molar-refractivity contribution in [3.8, 4) is 0 Å². The molecule has 1 unspecified atom stereocenters. The summed E-state index contributed by atoms with van der Waals surface area (Å²) in [5, 5.41) is 5.81. The van der Waals surface area contributed by atoms with E-state index in [1.165, 1.54) is 11.8 Å². The van der Waals surface area contributed by atoms with Crippen molar-refractivity contribution in [1.29, 1.82) is 0 Å². The normalized spacial score (nSPS) is 16.9. The lowest BCUT2D eigenvalue weighted by atomic mass is 10.0. The minimum atomic E-state index is -0.0202. The number of hydrogen-bond donors (Lipinski definition) is 1. The molecule has 122 valence electrons. The van der Waals surface area contributed by atoms with Gasteiger partial charge in [-0.25, -0.2) is 10.0 Å². The van der Waals surface area contributed by atoms with Crippen molar-refractivity contribution in [1.82, 2.24) is 5.01 Å². The van der Waals surface area contributed by atoms with E-state index in [1.807, 2.05) is 54.6 Å². The average molecular weight is 355 g/mol. The number of nitrogens with zero attached hydrogens (tertiary/aromatic N) is 3. The van der Waals surface area contributed by atoms with Crippen LogP contribution >= 0.6 is 24.4 Å². The maximum absolute atomic E-state index is 12.4. The van der Waals surface area contributed by atoms with E-state index in [1.54, 1.807) is 16.8 Å². The zero-order chi connectivity index (χ0) is 16.8. The van der Waals surface area contributed by atoms with Crippen molar-refractivity contribution in [3.63, 3.8) is 0 Å². The number of para-hydroxylation sites is 1. The zero-order valence-corrected chi connectivity index (χ0v) is 14.7. The molecule has 24 heavy (non-hydrogen) atoms. The molecule has 0 aliphatic carbocycles. The third-order valence-corrected chi connectivity index (χ3v) is 4.67. The molecule has 1 atom stereocenters. The standard InChI is InChI=1S/C18H17N3OS2/c22-18(12-24-13-19-15-8-4-5-9-17(15)23)21-16(10-11-20-21)14-6-2-1-3-7-14/h1-9,11,13,16,23H,10,12H2. The van der Waals surface area contributed by atoms with Gasteiger partial charge in [0.1, 0.15) is 0 Å². The summed E-state index contributed by atoms with van der Waals surface area (Å²) in [6, 6.07) is 17.6. The van der Waals surface area contributed by atoms with Crippen molar-refractivity contribution in [2.45, 2.75) is 17.4 Å². The Morgan fingerprint density at radius 2 is 2.00 bits per heavy atom. The summed E-state index contributed by atoms with van der Waals surface area (Å²) < 4.78 is 0. The molecule has 6 heteroatoms. The van der Waals surface area contributed by atoms with Crippen LogP contribution in [-0.2, 0) is 4.79 Å². The SMILES string of the molecule is O=C(CSC=Nc1ccccc1S)N1N=CCC1c1ccccc1. The molecule has 1 heterocycles. The molecule has 0 fully saturated rings. The van der Waals surface area contributed by atoms with Crippen LogP contribution in [0.4, 0.5) is 5.69 Å². The van der Waals surface area contributed by atoms with Gasteiger partial charge < -0.3 is 0 Å². The van der Waals surface area contributed by atoms with Crippen molar-refractivity contribution < 1.29 is 4.79 Å². The quantitative estimate of drug-likeness (QED) is 0.493. The van der Waals surface area contributed by atoms with E-state index >= 15 is 0 Å². The summed E-state index contributed by atoms with van der Waals surface area (Å²) in [4.78, 5) is 17.6. The molecular formula is C18H17N3OS2. The molecule has 0 saturated heterocycles. The van der Waals surface area contributed by atoms with Crippen LogP contribution in [-0.4, -0.2) is 28.4 Å². The van der Waals surface area contributed by atoms with Gasteiger partial charge in [0.05, 0.1) is 23.0 Å². The lowest BCUT2D eigenvalue weighted by molar-refractivity contribution is -0.130. The van der Waals surface area contributed by atoms with E-state index in [0.29, 0.717) is 5.75 Å². The highest BCUT2D eigenvalue weighted by molar-refractivity contribution is 8.12. The molecule has 4 nitrogen and oxygen atoms in total. The maximum atomic E-state index is 12.4. The topological polar surface area (TPSA) is 45.0 Å². The largest absolute Gasteiger partial charge is 0.272 e. The summed E-state index contributed by atoms with van der Waals surface area (Å²) in [5.41, 5.74) is 3.58. The van der Waals surface area contributed by atoms with E-state index < -0.39 is 0 Å². The second-order valence-electron chi connectivity index (χ2n) is 5.23. The Morgan fingerprint density at radius 3 is 2.79 bits per heavy atom. The second-order valence-corrected chi connectivity index (χ2v) is 6.55. The first-order valence-corrected chi connectivity index (χ1v) is 9.07. The van der Waals surface area contributed by atoms with Crippen LogP contribution in [0.2, 0.25) is 0 Å². The van der Waals surface area contributed by atoms with Gasteiger partial charge in [-0.2, -0.15) is 5.10 Å². The fourth-order valence-corrected chi connectivity index (χ4v) is 3.20. The Bertz CT molecular complexity index is 762. The monoisotopic (exact) mass is 355 g/mol. The molecule has 1 aliphatic rings. The lowest BCUT2D eigenvalue weighted by Crippen LogP contribution is -2.28. The van der Waals surface area contributed by atoms with Crippen LogP contribution in [0.15, 0.2) is 69.6 Å². The predicted molar refractivity (Wildman–Crippen MR) is 103 cm³/mol. The van der Waals surface area contributed by atoms with Gasteiger partial charge in [-0.15, -0.1) is 24.4 Å². The molecule has 1 amide bonds. The van der Waals surface area contributed by atoms with Crippen LogP contribution in [0.25, 0.3) is 0 Å². The van der Waals surface area contributed by atoms with E-state index in [9.17, 15) is 4.79 Å². The first-order chi connectivity index (χ1) is 11.8. The van der Waals surface area contributed by atoms with E-state index in [-0.39, 0.29) is 11.9 Å². The number of hydrogen-bond acceptors (Lipinski definition) is 5. The Kier molecular flexibility index (Phi) is 5.72. The Balaban J connectivity index is 1.57. The van der Waals surface area contributed by atoms with Crippen LogP contribution in [0, 0.1) is 0 Å². The number of thiol groups is 1. The van der Waals surface area contributed by atoms with Crippen molar-refractivity contribution >= 4 is 47.7 Å². The van der Waals surface area contributed by atoms with Gasteiger partial charge in [0.25, 0.3) is 5.91 Å². The molecule has 3 rings (SSSR count). The van der Waals surface area contributed by atoms with E-state index in [0.717, 1.165) is 22.6 Å². The predicted octanol–water partition coefficient (Wildman–Crippen LogP) is 4.33. The Labute approximate surface area is 151 Å². The second kappa shape index (κ2) is 8.17. The number of rotatable bonds is 5. The summed E-state index contributed by atoms with van der Waals surface area (Å²) in [6.45, 7) is 0. The number of benzene rings is 2. The molecule has 0 radical (unpaired) electrons.